The number of thiophene rings is 1. The van der Waals surface area contributed by atoms with Crippen LogP contribution in [-0.2, 0) is 0 Å². The zero-order valence-corrected chi connectivity index (χ0v) is 13.1. The van der Waals surface area contributed by atoms with Gasteiger partial charge in [0.05, 0.1) is 22.7 Å². The summed E-state index contributed by atoms with van der Waals surface area (Å²) in [5, 5.41) is 21.1. The van der Waals surface area contributed by atoms with Crippen molar-refractivity contribution < 1.29 is 9.78 Å². The summed E-state index contributed by atoms with van der Waals surface area (Å²) in [6.07, 6.45) is 0. The Balaban J connectivity index is 1.96. The highest BCUT2D eigenvalue weighted by atomic mass is 32.1. The average molecular weight is 335 g/mol. The average Bonchev–Trinajstić information content (AvgIpc) is 2.90. The van der Waals surface area contributed by atoms with Crippen LogP contribution in [0, 0.1) is 22.7 Å². The molecule has 0 atom stereocenters. The summed E-state index contributed by atoms with van der Waals surface area (Å²) in [5.74, 6) is -0.144. The van der Waals surface area contributed by atoms with Crippen LogP contribution < -0.4 is 21.8 Å². The largest absolute Gasteiger partial charge is 0.397 e. The number of anilines is 3. The normalized spacial score (nSPS) is 10.1. The summed E-state index contributed by atoms with van der Waals surface area (Å²) in [4.78, 5) is 16.3. The molecule has 0 spiro atoms. The first-order chi connectivity index (χ1) is 11.5. The Morgan fingerprint density at radius 2 is 1.88 bits per heavy atom. The first-order valence-corrected chi connectivity index (χ1v) is 7.60. The summed E-state index contributed by atoms with van der Waals surface area (Å²) in [6.45, 7) is 0. The fourth-order valence-corrected chi connectivity index (χ4v) is 3.19. The number of aromatic nitrogens is 1. The molecule has 0 radical (unpaired) electrons. The molecule has 7 nitrogen and oxygen atoms in total. The molecule has 116 valence electrons. The number of nitrogen functional groups attached to an aromatic ring is 2. The molecule has 3 rings (SSSR count). The van der Waals surface area contributed by atoms with Gasteiger partial charge in [0.25, 0.3) is 11.7 Å². The van der Waals surface area contributed by atoms with Gasteiger partial charge < -0.3 is 11.1 Å². The maximum atomic E-state index is 12.4. The second kappa shape index (κ2) is 5.88. The Morgan fingerprint density at radius 1 is 1.17 bits per heavy atom. The number of pyridine rings is 1. The van der Waals surface area contributed by atoms with E-state index in [9.17, 15) is 4.79 Å². The van der Waals surface area contributed by atoms with Gasteiger partial charge >= 0.3 is 0 Å². The molecule has 3 aromatic rings. The molecule has 0 aliphatic carbocycles. The maximum Gasteiger partial charge on any atom is 0.289 e. The van der Waals surface area contributed by atoms with Gasteiger partial charge in [-0.2, -0.15) is 10.5 Å². The van der Waals surface area contributed by atoms with E-state index < -0.39 is 0 Å². The van der Waals surface area contributed by atoms with E-state index in [0.29, 0.717) is 26.3 Å². The minimum atomic E-state index is -0.371. The van der Waals surface area contributed by atoms with E-state index in [1.165, 1.54) is 0 Å². The van der Waals surface area contributed by atoms with Crippen molar-refractivity contribution in [3.63, 3.8) is 0 Å². The topological polar surface area (TPSA) is 143 Å². The number of nitriles is 2. The van der Waals surface area contributed by atoms with E-state index in [4.69, 9.17) is 22.0 Å². The maximum absolute atomic E-state index is 12.4. The third kappa shape index (κ3) is 2.58. The minimum Gasteiger partial charge on any atom is -0.397 e. The van der Waals surface area contributed by atoms with Gasteiger partial charge in [-0.15, -0.1) is 0 Å². The number of nitrogens with two attached hydrogens (primary N) is 2. The number of aromatic amines is 1. The molecule has 8 heteroatoms. The van der Waals surface area contributed by atoms with Gasteiger partial charge in [-0.3, -0.25) is 10.5 Å². The monoisotopic (exact) mass is 335 g/mol. The third-order valence-electron chi connectivity index (χ3n) is 3.41. The van der Waals surface area contributed by atoms with Gasteiger partial charge in [-0.05, 0) is 30.3 Å². The molecule has 2 heterocycles. The van der Waals surface area contributed by atoms with Crippen molar-refractivity contribution in [2.45, 2.75) is 0 Å². The predicted octanol–water partition coefficient (Wildman–Crippen LogP) is 1.88. The molecule has 0 aliphatic heterocycles. The fraction of sp³-hybridized carbons (Fsp3) is 0. The molecule has 24 heavy (non-hydrogen) atoms. The van der Waals surface area contributed by atoms with Crippen molar-refractivity contribution in [1.29, 1.82) is 10.5 Å². The standard InChI is InChI=1S/C16H10N6OS/c17-6-8-1-3-10(4-2-8)21-15(23)13-12(19)11-5-9(7-18)14(20)22-16(11)24-13/h1-5H,19H2,(H2,20,22)(H,21,23)/p+1. The number of nitrogens with one attached hydrogen (secondary N) is 2. The third-order valence-corrected chi connectivity index (χ3v) is 4.54. The van der Waals surface area contributed by atoms with Crippen LogP contribution >= 0.6 is 11.3 Å². The van der Waals surface area contributed by atoms with Crippen molar-refractivity contribution >= 4 is 44.7 Å². The van der Waals surface area contributed by atoms with Crippen molar-refractivity contribution in [1.82, 2.24) is 0 Å². The Hall–Kier alpha value is -3.62. The number of fused-ring (bicyclic) bond motifs is 1. The number of rotatable bonds is 2. The lowest BCUT2D eigenvalue weighted by atomic mass is 10.2. The van der Waals surface area contributed by atoms with Crippen molar-refractivity contribution in [2.75, 3.05) is 16.8 Å². The fourth-order valence-electron chi connectivity index (χ4n) is 2.18. The number of H-pyrrole nitrogens is 1. The van der Waals surface area contributed by atoms with E-state index in [1.54, 1.807) is 30.3 Å². The van der Waals surface area contributed by atoms with Gasteiger partial charge in [-0.25, -0.2) is 4.98 Å². The Bertz CT molecular complexity index is 1040. The quantitative estimate of drug-likeness (QED) is 0.655. The summed E-state index contributed by atoms with van der Waals surface area (Å²) < 4.78 is 0. The highest BCUT2D eigenvalue weighted by molar-refractivity contribution is 7.20. The number of carbonyl (C=O) groups is 1. The molecule has 6 N–H and O–H groups in total. The lowest BCUT2D eigenvalue weighted by Gasteiger charge is -2.04. The van der Waals surface area contributed by atoms with Crippen LogP contribution in [0.3, 0.4) is 0 Å². The second-order valence-corrected chi connectivity index (χ2v) is 5.96. The minimum absolute atomic E-state index is 0.227. The smallest absolute Gasteiger partial charge is 0.289 e. The van der Waals surface area contributed by atoms with Crippen LogP contribution in [-0.4, -0.2) is 5.91 Å². The van der Waals surface area contributed by atoms with Crippen molar-refractivity contribution in [2.24, 2.45) is 0 Å². The molecule has 0 bridgehead atoms. The summed E-state index contributed by atoms with van der Waals surface area (Å²) in [7, 11) is 0. The number of amides is 1. The first kappa shape index (κ1) is 15.3. The molecule has 2 aromatic heterocycles. The van der Waals surface area contributed by atoms with E-state index in [1.807, 2.05) is 12.1 Å². The Morgan fingerprint density at radius 3 is 2.50 bits per heavy atom. The number of benzene rings is 1. The molecule has 1 aromatic carbocycles. The van der Waals surface area contributed by atoms with Crippen LogP contribution in [0.2, 0.25) is 0 Å². The number of hydrogen-bond donors (Lipinski definition) is 3. The molecule has 0 aliphatic rings. The van der Waals surface area contributed by atoms with E-state index in [2.05, 4.69) is 10.3 Å². The number of carbonyl (C=O) groups excluding carboxylic acids is 1. The number of nitrogens with zero attached hydrogens (tertiary/aromatic N) is 2. The molecule has 0 saturated heterocycles. The molecule has 0 saturated carbocycles. The van der Waals surface area contributed by atoms with Gasteiger partial charge in [0.2, 0.25) is 0 Å². The Kier molecular flexibility index (Phi) is 3.74. The van der Waals surface area contributed by atoms with Crippen LogP contribution in [0.25, 0.3) is 10.2 Å². The van der Waals surface area contributed by atoms with Gasteiger partial charge in [0.1, 0.15) is 16.5 Å². The number of hydrogen-bond acceptors (Lipinski definition) is 6. The Labute approximate surface area is 140 Å². The van der Waals surface area contributed by atoms with Gasteiger partial charge in [0, 0.05) is 5.69 Å². The zero-order chi connectivity index (χ0) is 17.3. The van der Waals surface area contributed by atoms with E-state index in [0.717, 1.165) is 11.3 Å². The van der Waals surface area contributed by atoms with Gasteiger partial charge in [-0.1, -0.05) is 11.3 Å². The van der Waals surface area contributed by atoms with Gasteiger partial charge in [0.15, 0.2) is 4.83 Å². The molecular weight excluding hydrogens is 324 g/mol. The van der Waals surface area contributed by atoms with Crippen LogP contribution in [0.4, 0.5) is 17.2 Å². The first-order valence-electron chi connectivity index (χ1n) is 6.79. The summed E-state index contributed by atoms with van der Waals surface area (Å²) in [6, 6.07) is 12.0. The highest BCUT2D eigenvalue weighted by Gasteiger charge is 2.21. The molecule has 1 amide bonds. The van der Waals surface area contributed by atoms with Crippen molar-refractivity contribution in [3.05, 3.63) is 46.3 Å². The molecular formula is C16H11N6OS+. The van der Waals surface area contributed by atoms with E-state index in [-0.39, 0.29) is 23.0 Å². The van der Waals surface area contributed by atoms with Crippen LogP contribution in [0.15, 0.2) is 30.3 Å². The molecule has 0 fully saturated rings. The zero-order valence-electron chi connectivity index (χ0n) is 12.3. The van der Waals surface area contributed by atoms with Crippen LogP contribution in [0.1, 0.15) is 20.8 Å². The van der Waals surface area contributed by atoms with Crippen molar-refractivity contribution in [3.8, 4) is 12.1 Å². The predicted molar refractivity (Wildman–Crippen MR) is 91.0 cm³/mol. The molecule has 0 unspecified atom stereocenters. The highest BCUT2D eigenvalue weighted by Crippen LogP contribution is 2.32. The van der Waals surface area contributed by atoms with E-state index >= 15 is 0 Å². The summed E-state index contributed by atoms with van der Waals surface area (Å²) >= 11 is 1.16. The lowest BCUT2D eigenvalue weighted by Crippen LogP contribution is -2.12. The van der Waals surface area contributed by atoms with Crippen LogP contribution in [0.5, 0.6) is 0 Å². The summed E-state index contributed by atoms with van der Waals surface area (Å²) in [5.41, 5.74) is 13.4. The lowest BCUT2D eigenvalue weighted by molar-refractivity contribution is -0.323. The second-order valence-electron chi connectivity index (χ2n) is 4.94. The SMILES string of the molecule is N#Cc1ccc(NC(=O)c2sc3[nH+]c(N)c(C#N)cc3c2N)cc1.